The maximum Gasteiger partial charge on any atom is 0.322 e. The Bertz CT molecular complexity index is 985. The zero-order valence-corrected chi connectivity index (χ0v) is 17.1. The SMILES string of the molecule is CN(C)C1(c2ccccc2)CCC2(CC1)CN(c1c(F)cc(C#N)cc1F)C(=O)N2. The van der Waals surface area contributed by atoms with E-state index in [1.165, 1.54) is 5.56 Å². The molecule has 0 radical (unpaired) electrons. The van der Waals surface area contributed by atoms with Gasteiger partial charge in [-0.2, -0.15) is 5.26 Å². The molecule has 0 unspecified atom stereocenters. The van der Waals surface area contributed by atoms with Crippen LogP contribution in [0.2, 0.25) is 0 Å². The number of nitrogens with one attached hydrogen (secondary N) is 1. The largest absolute Gasteiger partial charge is 0.330 e. The van der Waals surface area contributed by atoms with Crippen LogP contribution in [0.15, 0.2) is 42.5 Å². The van der Waals surface area contributed by atoms with E-state index in [0.29, 0.717) is 12.8 Å². The van der Waals surface area contributed by atoms with Gasteiger partial charge in [0.15, 0.2) is 11.6 Å². The summed E-state index contributed by atoms with van der Waals surface area (Å²) in [6.45, 7) is 0.198. The maximum atomic E-state index is 14.5. The van der Waals surface area contributed by atoms with Gasteiger partial charge in [-0.1, -0.05) is 30.3 Å². The van der Waals surface area contributed by atoms with Gasteiger partial charge in [0.2, 0.25) is 0 Å². The first kappa shape index (κ1) is 20.3. The molecule has 1 N–H and O–H groups in total. The lowest BCUT2D eigenvalue weighted by Gasteiger charge is -2.48. The van der Waals surface area contributed by atoms with Gasteiger partial charge in [-0.15, -0.1) is 0 Å². The van der Waals surface area contributed by atoms with Crippen LogP contribution in [0.5, 0.6) is 0 Å². The molecule has 2 aromatic rings. The van der Waals surface area contributed by atoms with Crippen LogP contribution in [0.1, 0.15) is 36.8 Å². The molecule has 2 aromatic carbocycles. The Morgan fingerprint density at radius 3 is 2.20 bits per heavy atom. The van der Waals surface area contributed by atoms with Gasteiger partial charge in [0.05, 0.1) is 23.7 Å². The molecule has 2 fully saturated rings. The van der Waals surface area contributed by atoms with E-state index in [9.17, 15) is 13.6 Å². The molecule has 1 heterocycles. The van der Waals surface area contributed by atoms with Gasteiger partial charge >= 0.3 is 6.03 Å². The zero-order valence-electron chi connectivity index (χ0n) is 17.1. The van der Waals surface area contributed by atoms with E-state index in [1.54, 1.807) is 6.07 Å². The summed E-state index contributed by atoms with van der Waals surface area (Å²) in [5.41, 5.74) is 0.0544. The first-order chi connectivity index (χ1) is 14.3. The van der Waals surface area contributed by atoms with Crippen LogP contribution in [-0.4, -0.2) is 37.1 Å². The number of hydrogen-bond donors (Lipinski definition) is 1. The number of benzene rings is 2. The maximum absolute atomic E-state index is 14.5. The summed E-state index contributed by atoms with van der Waals surface area (Å²) in [7, 11) is 4.12. The summed E-state index contributed by atoms with van der Waals surface area (Å²) in [4.78, 5) is 16.0. The molecule has 2 aliphatic rings. The summed E-state index contributed by atoms with van der Waals surface area (Å²) in [5.74, 6) is -1.80. The monoisotopic (exact) mass is 410 g/mol. The molecule has 1 saturated carbocycles. The normalized spacial score (nSPS) is 26.1. The predicted molar refractivity (Wildman–Crippen MR) is 110 cm³/mol. The average molecular weight is 410 g/mol. The fourth-order valence-electron chi connectivity index (χ4n) is 4.94. The van der Waals surface area contributed by atoms with Crippen LogP contribution in [0.25, 0.3) is 0 Å². The van der Waals surface area contributed by atoms with Gasteiger partial charge < -0.3 is 5.32 Å². The van der Waals surface area contributed by atoms with Gasteiger partial charge in [-0.05, 0) is 57.5 Å². The van der Waals surface area contributed by atoms with Crippen LogP contribution >= 0.6 is 0 Å². The van der Waals surface area contributed by atoms with Crippen molar-refractivity contribution in [3.63, 3.8) is 0 Å². The van der Waals surface area contributed by atoms with Crippen molar-refractivity contribution in [3.05, 3.63) is 65.2 Å². The molecule has 4 rings (SSSR count). The van der Waals surface area contributed by atoms with Crippen LogP contribution in [-0.2, 0) is 5.54 Å². The molecule has 7 heteroatoms. The Labute approximate surface area is 174 Å². The molecule has 1 aliphatic heterocycles. The standard InChI is InChI=1S/C23H24F2N4O/c1-28(2)23(17-6-4-3-5-7-17)10-8-22(9-11-23)15-29(21(30)27-22)20-18(24)12-16(14-26)13-19(20)25/h3-7,12-13H,8-11,15H2,1-2H3,(H,27,30). The number of nitrogens with zero attached hydrogens (tertiary/aromatic N) is 3. The Kier molecular flexibility index (Phi) is 4.99. The Morgan fingerprint density at radius 1 is 1.07 bits per heavy atom. The van der Waals surface area contributed by atoms with E-state index < -0.39 is 28.9 Å². The van der Waals surface area contributed by atoms with Gasteiger partial charge in [0.25, 0.3) is 0 Å². The second-order valence-electron chi connectivity index (χ2n) is 8.49. The van der Waals surface area contributed by atoms with E-state index in [-0.39, 0.29) is 17.6 Å². The third-order valence-electron chi connectivity index (χ3n) is 6.70. The fraction of sp³-hybridized carbons (Fsp3) is 0.391. The number of carbonyl (C=O) groups is 1. The molecule has 30 heavy (non-hydrogen) atoms. The number of rotatable bonds is 3. The van der Waals surface area contributed by atoms with Gasteiger partial charge in [0, 0.05) is 5.54 Å². The van der Waals surface area contributed by atoms with E-state index in [0.717, 1.165) is 29.9 Å². The Hall–Kier alpha value is -2.98. The van der Waals surface area contributed by atoms with E-state index in [2.05, 4.69) is 36.4 Å². The Balaban J connectivity index is 1.59. The first-order valence-electron chi connectivity index (χ1n) is 10.0. The van der Waals surface area contributed by atoms with E-state index in [1.807, 2.05) is 18.2 Å². The van der Waals surface area contributed by atoms with Crippen molar-refractivity contribution in [3.8, 4) is 6.07 Å². The van der Waals surface area contributed by atoms with Crippen molar-refractivity contribution < 1.29 is 13.6 Å². The lowest BCUT2D eigenvalue weighted by Crippen LogP contribution is -2.54. The van der Waals surface area contributed by atoms with Crippen molar-refractivity contribution in [2.24, 2.45) is 0 Å². The Morgan fingerprint density at radius 2 is 1.67 bits per heavy atom. The van der Waals surface area contributed by atoms with Crippen LogP contribution in [0.3, 0.4) is 0 Å². The molecule has 2 amide bonds. The molecular formula is C23H24F2N4O. The van der Waals surface area contributed by atoms with E-state index in [4.69, 9.17) is 5.26 Å². The lowest BCUT2D eigenvalue weighted by atomic mass is 9.69. The third-order valence-corrected chi connectivity index (χ3v) is 6.70. The third kappa shape index (κ3) is 3.21. The number of amides is 2. The molecule has 0 aromatic heterocycles. The second kappa shape index (κ2) is 7.37. The smallest absolute Gasteiger partial charge is 0.322 e. The molecule has 0 bridgehead atoms. The van der Waals surface area contributed by atoms with Crippen molar-refractivity contribution >= 4 is 11.7 Å². The van der Waals surface area contributed by atoms with Gasteiger partial charge in [-0.3, -0.25) is 9.80 Å². The minimum Gasteiger partial charge on any atom is -0.330 e. The first-order valence-corrected chi connectivity index (χ1v) is 10.0. The van der Waals surface area contributed by atoms with Crippen LogP contribution in [0.4, 0.5) is 19.3 Å². The highest BCUT2D eigenvalue weighted by molar-refractivity contribution is 5.95. The second-order valence-corrected chi connectivity index (χ2v) is 8.49. The lowest BCUT2D eigenvalue weighted by molar-refractivity contribution is 0.0657. The van der Waals surface area contributed by atoms with Crippen molar-refractivity contribution in [1.82, 2.24) is 10.2 Å². The number of hydrogen-bond acceptors (Lipinski definition) is 3. The van der Waals surface area contributed by atoms with Gasteiger partial charge in [0.1, 0.15) is 5.69 Å². The molecule has 5 nitrogen and oxygen atoms in total. The molecule has 1 saturated heterocycles. The number of carbonyl (C=O) groups excluding carboxylic acids is 1. The molecule has 156 valence electrons. The topological polar surface area (TPSA) is 59.4 Å². The predicted octanol–water partition coefficient (Wildman–Crippen LogP) is 4.14. The minimum absolute atomic E-state index is 0.112. The highest BCUT2D eigenvalue weighted by Crippen LogP contribution is 2.46. The summed E-state index contributed by atoms with van der Waals surface area (Å²) >= 11 is 0. The highest BCUT2D eigenvalue weighted by Gasteiger charge is 2.51. The van der Waals surface area contributed by atoms with Crippen molar-refractivity contribution in [1.29, 1.82) is 5.26 Å². The highest BCUT2D eigenvalue weighted by atomic mass is 19.1. The summed E-state index contributed by atoms with van der Waals surface area (Å²) in [5, 5.41) is 11.9. The quantitative estimate of drug-likeness (QED) is 0.828. The molecule has 1 spiro atoms. The van der Waals surface area contributed by atoms with Crippen LogP contribution in [0, 0.1) is 23.0 Å². The van der Waals surface area contributed by atoms with Crippen molar-refractivity contribution in [2.45, 2.75) is 36.8 Å². The summed E-state index contributed by atoms with van der Waals surface area (Å²) < 4.78 is 29.0. The fourth-order valence-corrected chi connectivity index (χ4v) is 4.94. The molecular weight excluding hydrogens is 386 g/mol. The van der Waals surface area contributed by atoms with Crippen molar-refractivity contribution in [2.75, 3.05) is 25.5 Å². The summed E-state index contributed by atoms with van der Waals surface area (Å²) in [6, 6.07) is 13.4. The molecule has 0 atom stereocenters. The zero-order chi connectivity index (χ0) is 21.5. The number of halogens is 2. The van der Waals surface area contributed by atoms with E-state index >= 15 is 0 Å². The number of urea groups is 1. The number of anilines is 1. The van der Waals surface area contributed by atoms with Crippen LogP contribution < -0.4 is 10.2 Å². The molecule has 1 aliphatic carbocycles. The minimum atomic E-state index is -0.901. The average Bonchev–Trinajstić information content (AvgIpc) is 3.04. The van der Waals surface area contributed by atoms with Gasteiger partial charge in [-0.25, -0.2) is 13.6 Å². The number of nitriles is 1. The summed E-state index contributed by atoms with van der Waals surface area (Å²) in [6.07, 6.45) is 3.02.